The van der Waals surface area contributed by atoms with E-state index in [1.165, 1.54) is 5.56 Å². The van der Waals surface area contributed by atoms with Crippen LogP contribution in [0, 0.1) is 0 Å². The number of benzene rings is 1. The molecule has 0 aliphatic heterocycles. The Labute approximate surface area is 132 Å². The fraction of sp³-hybridized carbons (Fsp3) is 0.529. The number of unbranched alkanes of at least 4 members (excludes halogenated alkanes) is 1. The first kappa shape index (κ1) is 18.0. The van der Waals surface area contributed by atoms with Gasteiger partial charge in [0.05, 0.1) is 0 Å². The van der Waals surface area contributed by atoms with Gasteiger partial charge in [0, 0.05) is 13.0 Å². The lowest BCUT2D eigenvalue weighted by Gasteiger charge is -2.19. The maximum atomic E-state index is 11.6. The number of aryl methyl sites for hydroxylation is 1. The van der Waals surface area contributed by atoms with Crippen LogP contribution in [0.5, 0.6) is 0 Å². The molecule has 22 heavy (non-hydrogen) atoms. The fourth-order valence-corrected chi connectivity index (χ4v) is 1.94. The third kappa shape index (κ3) is 8.29. The highest BCUT2D eigenvalue weighted by Gasteiger charge is 2.15. The minimum Gasteiger partial charge on any atom is -0.444 e. The lowest BCUT2D eigenvalue weighted by molar-refractivity contribution is -0.118. The average Bonchev–Trinajstić information content (AvgIpc) is 2.40. The summed E-state index contributed by atoms with van der Waals surface area (Å²) in [6.07, 6.45) is 2.71. The summed E-state index contributed by atoms with van der Waals surface area (Å²) in [6, 6.07) is 8.05. The molecule has 3 N–H and O–H groups in total. The number of nitrogens with one attached hydrogen (secondary N) is 1. The van der Waals surface area contributed by atoms with Crippen molar-refractivity contribution in [3.63, 3.8) is 0 Å². The van der Waals surface area contributed by atoms with Gasteiger partial charge in [0.2, 0.25) is 5.91 Å². The molecular weight excluding hydrogens is 280 g/mol. The van der Waals surface area contributed by atoms with Gasteiger partial charge >= 0.3 is 6.09 Å². The molecule has 0 atom stereocenters. The summed E-state index contributed by atoms with van der Waals surface area (Å²) in [5.41, 5.74) is 6.85. The molecule has 0 aromatic heterocycles. The van der Waals surface area contributed by atoms with Crippen LogP contribution < -0.4 is 11.1 Å². The van der Waals surface area contributed by atoms with Crippen molar-refractivity contribution in [2.75, 3.05) is 0 Å². The smallest absolute Gasteiger partial charge is 0.407 e. The summed E-state index contributed by atoms with van der Waals surface area (Å²) in [5, 5.41) is 2.73. The predicted molar refractivity (Wildman–Crippen MR) is 86.3 cm³/mol. The second-order valence-corrected chi connectivity index (χ2v) is 6.35. The molecule has 1 aromatic rings. The van der Waals surface area contributed by atoms with Crippen molar-refractivity contribution in [1.29, 1.82) is 0 Å². The zero-order valence-corrected chi connectivity index (χ0v) is 13.6. The molecule has 1 aromatic carbocycles. The van der Waals surface area contributed by atoms with Crippen LogP contribution in [0.1, 0.15) is 51.2 Å². The average molecular weight is 306 g/mol. The molecule has 1 rings (SSSR count). The van der Waals surface area contributed by atoms with Crippen molar-refractivity contribution in [2.24, 2.45) is 5.73 Å². The minimum atomic E-state index is -0.487. The normalized spacial score (nSPS) is 11.0. The summed E-state index contributed by atoms with van der Waals surface area (Å²) in [5.74, 6) is -0.247. The summed E-state index contributed by atoms with van der Waals surface area (Å²) in [4.78, 5) is 22.2. The van der Waals surface area contributed by atoms with E-state index < -0.39 is 11.7 Å². The van der Waals surface area contributed by atoms with Crippen molar-refractivity contribution in [3.8, 4) is 0 Å². The van der Waals surface area contributed by atoms with Crippen LogP contribution in [0.15, 0.2) is 24.3 Å². The molecule has 0 fully saturated rings. The maximum absolute atomic E-state index is 11.6. The van der Waals surface area contributed by atoms with Crippen molar-refractivity contribution in [1.82, 2.24) is 5.32 Å². The lowest BCUT2D eigenvalue weighted by atomic mass is 10.1. The third-order valence-corrected chi connectivity index (χ3v) is 3.00. The largest absolute Gasteiger partial charge is 0.444 e. The Morgan fingerprint density at radius 1 is 1.09 bits per heavy atom. The Kier molecular flexibility index (Phi) is 6.89. The SMILES string of the molecule is CC(C)(C)OC(=O)NCc1ccc(CCCCC(N)=O)cc1. The summed E-state index contributed by atoms with van der Waals surface area (Å²) in [7, 11) is 0. The number of carbonyl (C=O) groups is 2. The fourth-order valence-electron chi connectivity index (χ4n) is 1.94. The van der Waals surface area contributed by atoms with Crippen molar-refractivity contribution >= 4 is 12.0 Å². The topological polar surface area (TPSA) is 81.4 Å². The van der Waals surface area contributed by atoms with E-state index >= 15 is 0 Å². The van der Waals surface area contributed by atoms with Crippen LogP contribution in [-0.2, 0) is 22.5 Å². The number of hydrogen-bond acceptors (Lipinski definition) is 3. The van der Waals surface area contributed by atoms with E-state index in [1.807, 2.05) is 45.0 Å². The molecule has 0 unspecified atom stereocenters. The molecule has 122 valence electrons. The Balaban J connectivity index is 2.32. The lowest BCUT2D eigenvalue weighted by Crippen LogP contribution is -2.32. The van der Waals surface area contributed by atoms with Crippen molar-refractivity contribution < 1.29 is 14.3 Å². The van der Waals surface area contributed by atoms with Gasteiger partial charge in [-0.05, 0) is 51.2 Å². The number of amides is 2. The van der Waals surface area contributed by atoms with Crippen molar-refractivity contribution in [2.45, 2.75) is 58.6 Å². The first-order valence-electron chi connectivity index (χ1n) is 7.59. The van der Waals surface area contributed by atoms with Gasteiger partial charge in [-0.3, -0.25) is 4.79 Å². The van der Waals surface area contributed by atoms with E-state index in [1.54, 1.807) is 0 Å². The molecule has 0 heterocycles. The van der Waals surface area contributed by atoms with E-state index in [0.29, 0.717) is 13.0 Å². The van der Waals surface area contributed by atoms with Crippen molar-refractivity contribution in [3.05, 3.63) is 35.4 Å². The molecule has 0 spiro atoms. The van der Waals surface area contributed by atoms with Gasteiger partial charge in [0.15, 0.2) is 0 Å². The second kappa shape index (κ2) is 8.41. The van der Waals surface area contributed by atoms with Gasteiger partial charge < -0.3 is 15.8 Å². The van der Waals surface area contributed by atoms with Gasteiger partial charge in [-0.1, -0.05) is 24.3 Å². The number of ether oxygens (including phenoxy) is 1. The van der Waals surface area contributed by atoms with E-state index in [2.05, 4.69) is 5.32 Å². The molecule has 0 saturated heterocycles. The highest BCUT2D eigenvalue weighted by atomic mass is 16.6. The van der Waals surface area contributed by atoms with Gasteiger partial charge in [-0.2, -0.15) is 0 Å². The quantitative estimate of drug-likeness (QED) is 0.760. The van der Waals surface area contributed by atoms with Gasteiger partial charge in [0.1, 0.15) is 5.60 Å². The molecule has 5 nitrogen and oxygen atoms in total. The minimum absolute atomic E-state index is 0.247. The monoisotopic (exact) mass is 306 g/mol. The van der Waals surface area contributed by atoms with Crippen LogP contribution >= 0.6 is 0 Å². The van der Waals surface area contributed by atoms with Crippen LogP contribution in [-0.4, -0.2) is 17.6 Å². The van der Waals surface area contributed by atoms with Crippen LogP contribution in [0.25, 0.3) is 0 Å². The summed E-state index contributed by atoms with van der Waals surface area (Å²) in [6.45, 7) is 5.94. The molecule has 0 saturated carbocycles. The number of rotatable bonds is 7. The molecular formula is C17H26N2O3. The standard InChI is InChI=1S/C17H26N2O3/c1-17(2,3)22-16(21)19-12-14-10-8-13(9-11-14)6-4-5-7-15(18)20/h8-11H,4-7,12H2,1-3H3,(H2,18,20)(H,19,21). The summed E-state index contributed by atoms with van der Waals surface area (Å²) < 4.78 is 5.18. The highest BCUT2D eigenvalue weighted by molar-refractivity contribution is 5.73. The molecule has 0 bridgehead atoms. The van der Waals surface area contributed by atoms with Gasteiger partial charge in [-0.15, -0.1) is 0 Å². The molecule has 0 aliphatic rings. The molecule has 0 aliphatic carbocycles. The Morgan fingerprint density at radius 3 is 2.23 bits per heavy atom. The zero-order valence-electron chi connectivity index (χ0n) is 13.6. The van der Waals surface area contributed by atoms with Gasteiger partial charge in [0.25, 0.3) is 0 Å². The van der Waals surface area contributed by atoms with Crippen LogP contribution in [0.4, 0.5) is 4.79 Å². The number of hydrogen-bond donors (Lipinski definition) is 2. The third-order valence-electron chi connectivity index (χ3n) is 3.00. The highest BCUT2D eigenvalue weighted by Crippen LogP contribution is 2.10. The molecule has 0 radical (unpaired) electrons. The van der Waals surface area contributed by atoms with E-state index in [-0.39, 0.29) is 5.91 Å². The molecule has 5 heteroatoms. The zero-order chi connectivity index (χ0) is 16.6. The van der Waals surface area contributed by atoms with E-state index in [9.17, 15) is 9.59 Å². The second-order valence-electron chi connectivity index (χ2n) is 6.35. The first-order valence-corrected chi connectivity index (χ1v) is 7.59. The Hall–Kier alpha value is -2.04. The number of alkyl carbamates (subject to hydrolysis) is 1. The first-order chi connectivity index (χ1) is 10.3. The predicted octanol–water partition coefficient (Wildman–Crippen LogP) is 2.91. The Bertz CT molecular complexity index is 490. The van der Waals surface area contributed by atoms with Gasteiger partial charge in [-0.25, -0.2) is 4.79 Å². The van der Waals surface area contributed by atoms with Crippen LogP contribution in [0.2, 0.25) is 0 Å². The maximum Gasteiger partial charge on any atom is 0.407 e. The number of primary amides is 1. The van der Waals surface area contributed by atoms with Crippen LogP contribution in [0.3, 0.4) is 0 Å². The number of carbonyl (C=O) groups excluding carboxylic acids is 2. The summed E-state index contributed by atoms with van der Waals surface area (Å²) >= 11 is 0. The van der Waals surface area contributed by atoms with E-state index in [0.717, 1.165) is 24.8 Å². The molecule has 2 amide bonds. The Morgan fingerprint density at radius 2 is 1.68 bits per heavy atom. The number of nitrogens with two attached hydrogens (primary N) is 1. The van der Waals surface area contributed by atoms with E-state index in [4.69, 9.17) is 10.5 Å².